The molecule has 212 valence electrons. The van der Waals surface area contributed by atoms with Crippen molar-refractivity contribution < 1.29 is 18.1 Å². The molecule has 5 rings (SSSR count). The standard InChI is InChI=1S/C28H36N5O4P3/c1-21-9-5-13-25(17-21)34-39(35-26-14-6-10-22(2)18-26)31-38(29,30)32-40(33-39,36-27-15-7-11-23(3)19-27)37-28-16-8-12-24(4)20-28/h5-20,31,33,39-40H,29-30H2,1-4H3. The number of hydrogen-bond donors (Lipinski definition) is 4. The van der Waals surface area contributed by atoms with Crippen molar-refractivity contribution in [2.75, 3.05) is 0 Å². The molecule has 0 unspecified atom stereocenters. The van der Waals surface area contributed by atoms with E-state index in [0.29, 0.717) is 23.0 Å². The Labute approximate surface area is 236 Å². The van der Waals surface area contributed by atoms with E-state index < -0.39 is 23.5 Å². The van der Waals surface area contributed by atoms with E-state index in [-0.39, 0.29) is 0 Å². The van der Waals surface area contributed by atoms with E-state index in [1.807, 2.05) is 125 Å². The Morgan fingerprint density at radius 2 is 0.925 bits per heavy atom. The number of benzene rings is 4. The summed E-state index contributed by atoms with van der Waals surface area (Å²) in [4.78, 5) is 6.74. The fourth-order valence-electron chi connectivity index (χ4n) is 4.34. The number of rotatable bonds is 8. The maximum absolute atomic E-state index is 6.68. The molecule has 0 saturated carbocycles. The molecule has 0 atom stereocenters. The molecule has 0 bridgehead atoms. The van der Waals surface area contributed by atoms with Crippen molar-refractivity contribution in [1.82, 2.24) is 9.72 Å². The average Bonchev–Trinajstić information content (AvgIpc) is 2.82. The Hall–Kier alpha value is -2.99. The molecule has 1 heterocycles. The van der Waals surface area contributed by atoms with Gasteiger partial charge in [-0.1, -0.05) is 0 Å². The first-order chi connectivity index (χ1) is 19.0. The zero-order chi connectivity index (χ0) is 28.4. The minimum absolute atomic E-state index is 0.562. The second-order valence-electron chi connectivity index (χ2n) is 9.95. The van der Waals surface area contributed by atoms with Crippen LogP contribution in [-0.2, 0) is 0 Å². The molecule has 0 spiro atoms. The molecule has 4 aromatic rings. The number of hydrogen-bond acceptors (Lipinski definition) is 9. The van der Waals surface area contributed by atoms with Crippen LogP contribution < -0.4 is 38.8 Å². The molecule has 0 saturated heterocycles. The van der Waals surface area contributed by atoms with Gasteiger partial charge in [-0.2, -0.15) is 0 Å². The Kier molecular flexibility index (Phi) is 8.19. The van der Waals surface area contributed by atoms with Gasteiger partial charge in [-0.3, -0.25) is 0 Å². The molecule has 1 aliphatic heterocycles. The van der Waals surface area contributed by atoms with Crippen LogP contribution >= 0.6 is 23.5 Å². The Bertz CT molecular complexity index is 1480. The first-order valence-corrected chi connectivity index (χ1v) is 18.3. The molecule has 0 aliphatic carbocycles. The van der Waals surface area contributed by atoms with E-state index in [2.05, 4.69) is 9.72 Å². The summed E-state index contributed by atoms with van der Waals surface area (Å²) in [5.41, 5.74) is 17.4. The monoisotopic (exact) mass is 599 g/mol. The second-order valence-corrected chi connectivity index (χ2v) is 17.3. The van der Waals surface area contributed by atoms with Gasteiger partial charge >= 0.3 is 237 Å². The van der Waals surface area contributed by atoms with E-state index >= 15 is 0 Å². The van der Waals surface area contributed by atoms with Crippen molar-refractivity contribution >= 4 is 23.5 Å². The van der Waals surface area contributed by atoms with Crippen LogP contribution in [0.25, 0.3) is 0 Å². The van der Waals surface area contributed by atoms with Crippen LogP contribution in [0.5, 0.6) is 23.0 Å². The van der Waals surface area contributed by atoms with E-state index in [1.54, 1.807) is 0 Å². The molecular formula is C28H36N5O4P3. The third-order valence-electron chi connectivity index (χ3n) is 5.94. The molecule has 40 heavy (non-hydrogen) atoms. The first-order valence-electron chi connectivity index (χ1n) is 12.8. The van der Waals surface area contributed by atoms with Gasteiger partial charge in [-0.25, -0.2) is 0 Å². The van der Waals surface area contributed by atoms with Gasteiger partial charge in [0.15, 0.2) is 0 Å². The van der Waals surface area contributed by atoms with Crippen molar-refractivity contribution in [3.63, 3.8) is 0 Å². The number of nitrogens with one attached hydrogen (secondary N) is 2. The van der Waals surface area contributed by atoms with Crippen LogP contribution in [0, 0.1) is 27.7 Å². The Balaban J connectivity index is 1.66. The minimum atomic E-state index is -3.89. The van der Waals surface area contributed by atoms with Gasteiger partial charge < -0.3 is 0 Å². The van der Waals surface area contributed by atoms with E-state index in [1.165, 1.54) is 0 Å². The molecule has 0 amide bonds. The summed E-state index contributed by atoms with van der Waals surface area (Å²) in [6, 6.07) is 30.7. The molecule has 9 nitrogen and oxygen atoms in total. The molecule has 0 aromatic heterocycles. The SMILES string of the molecule is Cc1cccc(O[PH]2(Oc3cccc(C)c3)N=P(N)(N)N[PH](Oc3cccc(C)c3)(Oc3cccc(C)c3)N2)c1. The van der Waals surface area contributed by atoms with Crippen molar-refractivity contribution in [2.45, 2.75) is 27.7 Å². The maximum atomic E-state index is 6.68. The second kappa shape index (κ2) is 11.5. The van der Waals surface area contributed by atoms with Gasteiger partial charge in [0.25, 0.3) is 0 Å². The zero-order valence-electron chi connectivity index (χ0n) is 22.9. The number of aryl methyl sites for hydroxylation is 4. The summed E-state index contributed by atoms with van der Waals surface area (Å²) in [5.74, 6) is 2.28. The van der Waals surface area contributed by atoms with Crippen LogP contribution in [0.1, 0.15) is 22.3 Å². The zero-order valence-corrected chi connectivity index (χ0v) is 25.8. The van der Waals surface area contributed by atoms with Gasteiger partial charge in [-0.15, -0.1) is 0 Å². The summed E-state index contributed by atoms with van der Waals surface area (Å²) in [7, 11) is -10.9. The normalized spacial score (nSPS) is 18.4. The quantitative estimate of drug-likeness (QED) is 0.154. The molecular weight excluding hydrogens is 563 g/mol. The summed E-state index contributed by atoms with van der Waals surface area (Å²) in [6.07, 6.45) is 0. The van der Waals surface area contributed by atoms with E-state index in [9.17, 15) is 0 Å². The van der Waals surface area contributed by atoms with Gasteiger partial charge in [0, 0.05) is 0 Å². The average molecular weight is 600 g/mol. The Morgan fingerprint density at radius 1 is 0.575 bits per heavy atom. The van der Waals surface area contributed by atoms with Crippen LogP contribution in [0.4, 0.5) is 0 Å². The summed E-state index contributed by atoms with van der Waals surface area (Å²) in [5, 5.41) is 0. The fourth-order valence-corrected chi connectivity index (χ4v) is 15.1. The topological polar surface area (TPSA) is 125 Å². The molecule has 4 aromatic carbocycles. The van der Waals surface area contributed by atoms with Crippen molar-refractivity contribution in [3.05, 3.63) is 119 Å². The molecule has 12 heteroatoms. The number of nitrogens with zero attached hydrogens (tertiary/aromatic N) is 1. The van der Waals surface area contributed by atoms with E-state index in [0.717, 1.165) is 22.3 Å². The first kappa shape index (κ1) is 28.5. The van der Waals surface area contributed by atoms with Gasteiger partial charge in [0.05, 0.1) is 0 Å². The van der Waals surface area contributed by atoms with Gasteiger partial charge in [0.1, 0.15) is 0 Å². The molecule has 1 aliphatic rings. The predicted octanol–water partition coefficient (Wildman–Crippen LogP) is 7.41. The van der Waals surface area contributed by atoms with Gasteiger partial charge in [-0.05, 0) is 0 Å². The van der Waals surface area contributed by atoms with Gasteiger partial charge in [0.2, 0.25) is 0 Å². The van der Waals surface area contributed by atoms with E-state index in [4.69, 9.17) is 33.6 Å². The fraction of sp³-hybridized carbons (Fsp3) is 0.143. The van der Waals surface area contributed by atoms with Crippen LogP contribution in [0.3, 0.4) is 0 Å². The van der Waals surface area contributed by atoms with Crippen LogP contribution in [-0.4, -0.2) is 0 Å². The molecule has 0 fully saturated rings. The number of nitrogens with two attached hydrogens (primary N) is 2. The molecule has 6 N–H and O–H groups in total. The third kappa shape index (κ3) is 7.20. The van der Waals surface area contributed by atoms with Crippen molar-refractivity contribution in [2.24, 2.45) is 15.5 Å². The predicted molar refractivity (Wildman–Crippen MR) is 168 cm³/mol. The van der Waals surface area contributed by atoms with Crippen LogP contribution in [0.15, 0.2) is 102 Å². The Morgan fingerprint density at radius 3 is 1.27 bits per heavy atom. The van der Waals surface area contributed by atoms with Crippen molar-refractivity contribution in [3.8, 4) is 23.0 Å². The molecule has 0 radical (unpaired) electrons. The van der Waals surface area contributed by atoms with Crippen LogP contribution in [0.2, 0.25) is 0 Å². The summed E-state index contributed by atoms with van der Waals surface area (Å²) >= 11 is 0. The summed E-state index contributed by atoms with van der Waals surface area (Å²) in [6.45, 7) is 7.95. The van der Waals surface area contributed by atoms with Crippen molar-refractivity contribution in [1.29, 1.82) is 0 Å². The third-order valence-corrected chi connectivity index (χ3v) is 15.6. The summed E-state index contributed by atoms with van der Waals surface area (Å²) < 4.78 is 31.4.